The van der Waals surface area contributed by atoms with E-state index in [2.05, 4.69) is 22.0 Å². The van der Waals surface area contributed by atoms with Crippen molar-refractivity contribution in [2.75, 3.05) is 13.1 Å². The Kier molecular flexibility index (Phi) is 3.57. The van der Waals surface area contributed by atoms with Crippen LogP contribution in [-0.4, -0.2) is 43.5 Å². The van der Waals surface area contributed by atoms with Crippen molar-refractivity contribution in [3.05, 3.63) is 46.3 Å². The summed E-state index contributed by atoms with van der Waals surface area (Å²) >= 11 is 1.73. The largest absolute Gasteiger partial charge is 0.338 e. The first-order valence-electron chi connectivity index (χ1n) is 7.72. The molecule has 0 aromatic carbocycles. The highest BCUT2D eigenvalue weighted by Crippen LogP contribution is 2.30. The van der Waals surface area contributed by atoms with Crippen molar-refractivity contribution in [2.24, 2.45) is 0 Å². The Morgan fingerprint density at radius 1 is 1.35 bits per heavy atom. The molecule has 1 saturated heterocycles. The number of hydrogen-bond acceptors (Lipinski definition) is 5. The fourth-order valence-electron chi connectivity index (χ4n) is 3.07. The fraction of sp³-hybridized carbons (Fsp3) is 0.375. The maximum atomic E-state index is 12.9. The molecule has 7 heteroatoms. The Balaban J connectivity index is 1.58. The highest BCUT2D eigenvalue weighted by Gasteiger charge is 2.28. The number of aryl methyl sites for hydroxylation is 1. The first kappa shape index (κ1) is 14.3. The van der Waals surface area contributed by atoms with E-state index in [1.54, 1.807) is 40.5 Å². The molecule has 0 radical (unpaired) electrons. The molecule has 0 saturated carbocycles. The molecule has 23 heavy (non-hydrogen) atoms. The van der Waals surface area contributed by atoms with E-state index in [-0.39, 0.29) is 5.91 Å². The Bertz CT molecular complexity index is 855. The average Bonchev–Trinajstić information content (AvgIpc) is 3.20. The maximum Gasteiger partial charge on any atom is 0.259 e. The van der Waals surface area contributed by atoms with Gasteiger partial charge in [-0.15, -0.1) is 11.3 Å². The molecule has 1 fully saturated rings. The van der Waals surface area contributed by atoms with E-state index in [0.29, 0.717) is 17.1 Å². The number of nitrogens with zero attached hydrogens (tertiary/aromatic N) is 5. The molecule has 0 N–H and O–H groups in total. The molecule has 0 aliphatic carbocycles. The van der Waals surface area contributed by atoms with Crippen LogP contribution < -0.4 is 0 Å². The van der Waals surface area contributed by atoms with E-state index < -0.39 is 0 Å². The zero-order chi connectivity index (χ0) is 15.8. The van der Waals surface area contributed by atoms with Crippen molar-refractivity contribution in [3.63, 3.8) is 0 Å². The smallest absolute Gasteiger partial charge is 0.259 e. The summed E-state index contributed by atoms with van der Waals surface area (Å²) in [5.74, 6) is 0.345. The normalized spacial score (nSPS) is 18.5. The van der Waals surface area contributed by atoms with Gasteiger partial charge in [-0.3, -0.25) is 4.79 Å². The zero-order valence-electron chi connectivity index (χ0n) is 12.8. The zero-order valence-corrected chi connectivity index (χ0v) is 13.7. The monoisotopic (exact) mass is 327 g/mol. The summed E-state index contributed by atoms with van der Waals surface area (Å²) < 4.78 is 1.64. The van der Waals surface area contributed by atoms with Crippen LogP contribution in [0.3, 0.4) is 0 Å². The topological polar surface area (TPSA) is 63.4 Å². The molecular formula is C16H17N5OS. The van der Waals surface area contributed by atoms with Crippen LogP contribution in [0.25, 0.3) is 5.65 Å². The van der Waals surface area contributed by atoms with Crippen molar-refractivity contribution < 1.29 is 4.79 Å². The molecule has 6 nitrogen and oxygen atoms in total. The molecule has 3 aromatic rings. The first-order valence-corrected chi connectivity index (χ1v) is 8.54. The van der Waals surface area contributed by atoms with Crippen LogP contribution in [0, 0.1) is 6.92 Å². The van der Waals surface area contributed by atoms with E-state index in [1.807, 2.05) is 11.1 Å². The van der Waals surface area contributed by atoms with Gasteiger partial charge in [0.05, 0.1) is 11.2 Å². The van der Waals surface area contributed by atoms with Gasteiger partial charge >= 0.3 is 0 Å². The van der Waals surface area contributed by atoms with Gasteiger partial charge in [-0.25, -0.2) is 14.5 Å². The van der Waals surface area contributed by atoms with Crippen LogP contribution >= 0.6 is 11.3 Å². The number of carbonyl (C=O) groups is 1. The summed E-state index contributed by atoms with van der Waals surface area (Å²) in [5, 5.41) is 5.35. The molecule has 1 aliphatic heterocycles. The molecule has 4 rings (SSSR count). The third kappa shape index (κ3) is 2.61. The predicted octanol–water partition coefficient (Wildman–Crippen LogP) is 2.51. The summed E-state index contributed by atoms with van der Waals surface area (Å²) in [7, 11) is 0. The molecule has 3 aromatic heterocycles. The van der Waals surface area contributed by atoms with Crippen molar-refractivity contribution in [1.29, 1.82) is 0 Å². The van der Waals surface area contributed by atoms with E-state index in [9.17, 15) is 4.79 Å². The molecule has 0 bridgehead atoms. The van der Waals surface area contributed by atoms with Gasteiger partial charge in [-0.2, -0.15) is 5.10 Å². The number of likely N-dealkylation sites (tertiary alicyclic amines) is 1. The van der Waals surface area contributed by atoms with Crippen molar-refractivity contribution in [3.8, 4) is 0 Å². The molecule has 118 valence electrons. The van der Waals surface area contributed by atoms with Crippen molar-refractivity contribution >= 4 is 22.9 Å². The highest BCUT2D eigenvalue weighted by atomic mass is 32.1. The number of hydrogen-bond donors (Lipinski definition) is 0. The number of amides is 1. The van der Waals surface area contributed by atoms with Crippen molar-refractivity contribution in [2.45, 2.75) is 25.7 Å². The van der Waals surface area contributed by atoms with Gasteiger partial charge in [0.1, 0.15) is 5.56 Å². The Morgan fingerprint density at radius 3 is 3.09 bits per heavy atom. The molecule has 1 aliphatic rings. The SMILES string of the molecule is Cc1cnc([C@@H]2CCCN(C(=O)c3cnn4cccnc34)C2)s1. The lowest BCUT2D eigenvalue weighted by Crippen LogP contribution is -2.39. The van der Waals surface area contributed by atoms with Gasteiger partial charge in [0, 0.05) is 42.5 Å². The van der Waals surface area contributed by atoms with Gasteiger partial charge in [0.15, 0.2) is 5.65 Å². The standard InChI is InChI=1S/C16H17N5OS/c1-11-8-18-15(23-11)12-4-2-6-20(10-12)16(22)13-9-19-21-7-3-5-17-14(13)21/h3,5,7-9,12H,2,4,6,10H2,1H3/t12-/m1/s1. The third-order valence-corrected chi connectivity index (χ3v) is 5.28. The maximum absolute atomic E-state index is 12.9. The minimum absolute atomic E-state index is 0.0108. The molecule has 0 spiro atoms. The van der Waals surface area contributed by atoms with Gasteiger partial charge in [0.2, 0.25) is 0 Å². The van der Waals surface area contributed by atoms with Gasteiger partial charge in [-0.1, -0.05) is 0 Å². The van der Waals surface area contributed by atoms with E-state index in [0.717, 1.165) is 30.9 Å². The molecular weight excluding hydrogens is 310 g/mol. The number of aromatic nitrogens is 4. The van der Waals surface area contributed by atoms with E-state index in [4.69, 9.17) is 0 Å². The summed E-state index contributed by atoms with van der Waals surface area (Å²) in [6.45, 7) is 3.57. The second-order valence-electron chi connectivity index (χ2n) is 5.85. The minimum Gasteiger partial charge on any atom is -0.338 e. The van der Waals surface area contributed by atoms with E-state index >= 15 is 0 Å². The summed E-state index contributed by atoms with van der Waals surface area (Å²) in [4.78, 5) is 24.8. The van der Waals surface area contributed by atoms with Crippen LogP contribution in [0.15, 0.2) is 30.9 Å². The average molecular weight is 327 g/mol. The number of fused-ring (bicyclic) bond motifs is 1. The first-order chi connectivity index (χ1) is 11.2. The second kappa shape index (κ2) is 5.73. The second-order valence-corrected chi connectivity index (χ2v) is 7.11. The summed E-state index contributed by atoms with van der Waals surface area (Å²) in [6.07, 6.45) is 9.10. The lowest BCUT2D eigenvalue weighted by molar-refractivity contribution is 0.0709. The minimum atomic E-state index is 0.0108. The Hall–Kier alpha value is -2.28. The molecule has 0 unspecified atom stereocenters. The molecule has 1 atom stereocenters. The van der Waals surface area contributed by atoms with Crippen molar-refractivity contribution in [1.82, 2.24) is 24.5 Å². The summed E-state index contributed by atoms with van der Waals surface area (Å²) in [6, 6.07) is 1.80. The summed E-state index contributed by atoms with van der Waals surface area (Å²) in [5.41, 5.74) is 1.19. The van der Waals surface area contributed by atoms with Gasteiger partial charge in [0.25, 0.3) is 5.91 Å². The lowest BCUT2D eigenvalue weighted by atomic mass is 9.98. The number of thiazole rings is 1. The van der Waals surface area contributed by atoms with Gasteiger partial charge in [-0.05, 0) is 25.8 Å². The lowest BCUT2D eigenvalue weighted by Gasteiger charge is -2.31. The molecule has 1 amide bonds. The van der Waals surface area contributed by atoms with Gasteiger partial charge < -0.3 is 4.90 Å². The van der Waals surface area contributed by atoms with E-state index in [1.165, 1.54) is 4.88 Å². The predicted molar refractivity (Wildman–Crippen MR) is 87.7 cm³/mol. The Labute approximate surface area is 137 Å². The molecule has 4 heterocycles. The fourth-order valence-corrected chi connectivity index (χ4v) is 3.97. The number of carbonyl (C=O) groups excluding carboxylic acids is 1. The van der Waals surface area contributed by atoms with Crippen LogP contribution in [0.2, 0.25) is 0 Å². The number of piperidine rings is 1. The van der Waals surface area contributed by atoms with Crippen LogP contribution in [-0.2, 0) is 0 Å². The third-order valence-electron chi connectivity index (χ3n) is 4.21. The van der Waals surface area contributed by atoms with Crippen LogP contribution in [0.5, 0.6) is 0 Å². The Morgan fingerprint density at radius 2 is 2.26 bits per heavy atom. The number of rotatable bonds is 2. The quantitative estimate of drug-likeness (QED) is 0.725. The van der Waals surface area contributed by atoms with Crippen LogP contribution in [0.4, 0.5) is 0 Å². The van der Waals surface area contributed by atoms with Crippen LogP contribution in [0.1, 0.15) is 39.0 Å². The highest BCUT2D eigenvalue weighted by molar-refractivity contribution is 7.11.